The second-order valence-corrected chi connectivity index (χ2v) is 6.59. The molecule has 118 valence electrons. The molecule has 0 N–H and O–H groups in total. The number of methoxy groups -OCH3 is 1. The minimum Gasteiger partial charge on any atom is -0.497 e. The van der Waals surface area contributed by atoms with Gasteiger partial charge in [0.1, 0.15) is 16.6 Å². The minimum absolute atomic E-state index is 0.312. The molecule has 0 saturated carbocycles. The van der Waals surface area contributed by atoms with Gasteiger partial charge in [-0.15, -0.1) is 11.3 Å². The molecule has 0 bridgehead atoms. The van der Waals surface area contributed by atoms with Crippen LogP contribution in [0.4, 0.5) is 0 Å². The number of benzene rings is 1. The van der Waals surface area contributed by atoms with Crippen molar-refractivity contribution in [3.8, 4) is 5.75 Å². The average Bonchev–Trinajstić information content (AvgIpc) is 3.25. The number of nitrogens with zero attached hydrogens (tertiary/aromatic N) is 4. The maximum Gasteiger partial charge on any atom is 0.122 e. The molecule has 1 atom stereocenters. The Morgan fingerprint density at radius 2 is 2.09 bits per heavy atom. The van der Waals surface area contributed by atoms with Crippen LogP contribution in [-0.2, 0) is 19.6 Å². The number of aromatic nitrogens is 3. The molecule has 0 radical (unpaired) electrons. The van der Waals surface area contributed by atoms with Crippen LogP contribution >= 0.6 is 11.3 Å². The molecule has 1 aliphatic rings. The highest BCUT2D eigenvalue weighted by Gasteiger charge is 2.28. The van der Waals surface area contributed by atoms with Crippen LogP contribution in [0.25, 0.3) is 0 Å². The zero-order valence-electron chi connectivity index (χ0n) is 12.9. The standard InChI is InChI=1S/C17H18N4OS/c1-22-14-4-2-13(3-5-14)15-10-20-8-6-18-16(20)11-21(15)12-17-19-7-9-23-17/h2-9,15H,10-12H2,1H3/t15-/m1/s1. The summed E-state index contributed by atoms with van der Waals surface area (Å²) in [5.41, 5.74) is 1.29. The first-order valence-electron chi connectivity index (χ1n) is 7.60. The van der Waals surface area contributed by atoms with Gasteiger partial charge in [-0.1, -0.05) is 12.1 Å². The zero-order valence-corrected chi connectivity index (χ0v) is 13.7. The Hall–Kier alpha value is -2.18. The van der Waals surface area contributed by atoms with Crippen molar-refractivity contribution < 1.29 is 4.74 Å². The Balaban J connectivity index is 1.65. The van der Waals surface area contributed by atoms with Crippen molar-refractivity contribution in [3.63, 3.8) is 0 Å². The van der Waals surface area contributed by atoms with Crippen molar-refractivity contribution in [2.45, 2.75) is 25.7 Å². The number of rotatable bonds is 4. The zero-order chi connectivity index (χ0) is 15.6. The van der Waals surface area contributed by atoms with Gasteiger partial charge in [-0.3, -0.25) is 4.90 Å². The van der Waals surface area contributed by atoms with E-state index in [0.717, 1.165) is 36.2 Å². The van der Waals surface area contributed by atoms with Crippen LogP contribution < -0.4 is 4.74 Å². The molecule has 0 unspecified atom stereocenters. The highest BCUT2D eigenvalue weighted by atomic mass is 32.1. The van der Waals surface area contributed by atoms with Gasteiger partial charge >= 0.3 is 0 Å². The number of thiazole rings is 1. The first kappa shape index (κ1) is 14.4. The summed E-state index contributed by atoms with van der Waals surface area (Å²) in [5.74, 6) is 2.01. The van der Waals surface area contributed by atoms with E-state index in [1.807, 2.05) is 29.9 Å². The van der Waals surface area contributed by atoms with Gasteiger partial charge in [0.2, 0.25) is 0 Å². The first-order valence-corrected chi connectivity index (χ1v) is 8.48. The van der Waals surface area contributed by atoms with Gasteiger partial charge in [-0.05, 0) is 17.7 Å². The lowest BCUT2D eigenvalue weighted by atomic mass is 10.0. The smallest absolute Gasteiger partial charge is 0.122 e. The molecule has 2 aromatic heterocycles. The van der Waals surface area contributed by atoms with Crippen molar-refractivity contribution in [2.24, 2.45) is 0 Å². The van der Waals surface area contributed by atoms with E-state index in [9.17, 15) is 0 Å². The van der Waals surface area contributed by atoms with Crippen molar-refractivity contribution >= 4 is 11.3 Å². The predicted molar refractivity (Wildman–Crippen MR) is 89.3 cm³/mol. The van der Waals surface area contributed by atoms with E-state index in [2.05, 4.69) is 37.8 Å². The van der Waals surface area contributed by atoms with Crippen molar-refractivity contribution in [1.29, 1.82) is 0 Å². The molecule has 0 spiro atoms. The fourth-order valence-corrected chi connectivity index (χ4v) is 3.71. The Labute approximate surface area is 139 Å². The summed E-state index contributed by atoms with van der Waals surface area (Å²) in [6, 6.07) is 8.67. The summed E-state index contributed by atoms with van der Waals surface area (Å²) in [5, 5.41) is 3.17. The molecule has 23 heavy (non-hydrogen) atoms. The highest BCUT2D eigenvalue weighted by Crippen LogP contribution is 2.31. The van der Waals surface area contributed by atoms with Gasteiger partial charge in [0.15, 0.2) is 0 Å². The predicted octanol–water partition coefficient (Wildman–Crippen LogP) is 3.11. The molecule has 0 aliphatic carbocycles. The molecule has 1 aromatic carbocycles. The number of fused-ring (bicyclic) bond motifs is 1. The third-order valence-corrected chi connectivity index (χ3v) is 5.04. The normalized spacial score (nSPS) is 17.9. The van der Waals surface area contributed by atoms with Crippen LogP contribution in [0.1, 0.15) is 22.4 Å². The fraction of sp³-hybridized carbons (Fsp3) is 0.294. The third kappa shape index (κ3) is 2.87. The van der Waals surface area contributed by atoms with Crippen molar-refractivity contribution in [1.82, 2.24) is 19.4 Å². The van der Waals surface area contributed by atoms with E-state index >= 15 is 0 Å². The number of hydrogen-bond donors (Lipinski definition) is 0. The Morgan fingerprint density at radius 3 is 2.83 bits per heavy atom. The SMILES string of the molecule is COc1ccc([C@H]2Cn3ccnc3CN2Cc2nccs2)cc1. The maximum absolute atomic E-state index is 5.28. The first-order chi connectivity index (χ1) is 11.3. The van der Waals surface area contributed by atoms with E-state index < -0.39 is 0 Å². The monoisotopic (exact) mass is 326 g/mol. The molecular formula is C17H18N4OS. The van der Waals surface area contributed by atoms with Gasteiger partial charge in [0.25, 0.3) is 0 Å². The number of hydrogen-bond acceptors (Lipinski definition) is 5. The van der Waals surface area contributed by atoms with Crippen LogP contribution in [0, 0.1) is 0 Å². The Kier molecular flexibility index (Phi) is 3.85. The molecule has 3 aromatic rings. The van der Waals surface area contributed by atoms with Crippen molar-refractivity contribution in [2.75, 3.05) is 7.11 Å². The Bertz CT molecular complexity index is 766. The van der Waals surface area contributed by atoms with Gasteiger partial charge in [-0.2, -0.15) is 0 Å². The molecule has 0 amide bonds. The molecule has 0 saturated heterocycles. The fourth-order valence-electron chi connectivity index (χ4n) is 3.06. The van der Waals surface area contributed by atoms with E-state index in [0.29, 0.717) is 6.04 Å². The number of imidazole rings is 1. The van der Waals surface area contributed by atoms with Gasteiger partial charge < -0.3 is 9.30 Å². The topological polar surface area (TPSA) is 43.2 Å². The van der Waals surface area contributed by atoms with Crippen LogP contribution in [0.2, 0.25) is 0 Å². The molecule has 1 aliphatic heterocycles. The van der Waals surface area contributed by atoms with Gasteiger partial charge in [0, 0.05) is 30.5 Å². The summed E-state index contributed by atoms with van der Waals surface area (Å²) >= 11 is 1.70. The van der Waals surface area contributed by atoms with E-state index in [1.165, 1.54) is 5.56 Å². The molecule has 3 heterocycles. The lowest BCUT2D eigenvalue weighted by Gasteiger charge is -2.36. The molecule has 5 nitrogen and oxygen atoms in total. The third-order valence-electron chi connectivity index (χ3n) is 4.28. The summed E-state index contributed by atoms with van der Waals surface area (Å²) in [4.78, 5) is 11.4. The number of ether oxygens (including phenoxy) is 1. The Morgan fingerprint density at radius 1 is 1.22 bits per heavy atom. The molecule has 6 heteroatoms. The van der Waals surface area contributed by atoms with Crippen LogP contribution in [0.15, 0.2) is 48.2 Å². The van der Waals surface area contributed by atoms with E-state index in [4.69, 9.17) is 4.74 Å². The van der Waals surface area contributed by atoms with Crippen LogP contribution in [0.3, 0.4) is 0 Å². The van der Waals surface area contributed by atoms with Gasteiger partial charge in [0.05, 0.1) is 26.2 Å². The van der Waals surface area contributed by atoms with Crippen molar-refractivity contribution in [3.05, 3.63) is 64.6 Å². The highest BCUT2D eigenvalue weighted by molar-refractivity contribution is 7.09. The average molecular weight is 326 g/mol. The minimum atomic E-state index is 0.312. The summed E-state index contributed by atoms with van der Waals surface area (Å²) < 4.78 is 7.52. The van der Waals surface area contributed by atoms with Gasteiger partial charge in [-0.25, -0.2) is 9.97 Å². The summed E-state index contributed by atoms with van der Waals surface area (Å²) in [6.45, 7) is 2.59. The quantitative estimate of drug-likeness (QED) is 0.739. The van der Waals surface area contributed by atoms with E-state index in [-0.39, 0.29) is 0 Å². The largest absolute Gasteiger partial charge is 0.497 e. The second kappa shape index (κ2) is 6.14. The molecule has 0 fully saturated rings. The summed E-state index contributed by atoms with van der Waals surface area (Å²) in [6.07, 6.45) is 5.81. The van der Waals surface area contributed by atoms with E-state index in [1.54, 1.807) is 18.4 Å². The lowest BCUT2D eigenvalue weighted by Crippen LogP contribution is -2.36. The van der Waals surface area contributed by atoms with Crippen LogP contribution in [-0.4, -0.2) is 26.5 Å². The molecular weight excluding hydrogens is 308 g/mol. The maximum atomic E-state index is 5.28. The summed E-state index contributed by atoms with van der Waals surface area (Å²) in [7, 11) is 1.70. The lowest BCUT2D eigenvalue weighted by molar-refractivity contribution is 0.128. The molecule has 4 rings (SSSR count). The second-order valence-electron chi connectivity index (χ2n) is 5.62. The van der Waals surface area contributed by atoms with Crippen LogP contribution in [0.5, 0.6) is 5.75 Å².